The highest BCUT2D eigenvalue weighted by Crippen LogP contribution is 2.23. The number of aromatic nitrogens is 1. The molecule has 9 nitrogen and oxygen atoms in total. The highest BCUT2D eigenvalue weighted by atomic mass is 32.2. The van der Waals surface area contributed by atoms with Crippen LogP contribution in [0.25, 0.3) is 10.9 Å². The van der Waals surface area contributed by atoms with Crippen molar-refractivity contribution in [2.24, 2.45) is 13.0 Å². The molecule has 1 aliphatic rings. The van der Waals surface area contributed by atoms with Gasteiger partial charge in [-0.1, -0.05) is 37.3 Å². The van der Waals surface area contributed by atoms with E-state index >= 15 is 0 Å². The van der Waals surface area contributed by atoms with Crippen LogP contribution in [0.15, 0.2) is 64.3 Å². The minimum Gasteiger partial charge on any atom is -0.352 e. The van der Waals surface area contributed by atoms with E-state index in [0.29, 0.717) is 12.3 Å². The number of hydrogen-bond acceptors (Lipinski definition) is 5. The summed E-state index contributed by atoms with van der Waals surface area (Å²) in [5, 5.41) is 6.30. The summed E-state index contributed by atoms with van der Waals surface area (Å²) in [6.07, 6.45) is 4.15. The third-order valence-corrected chi connectivity index (χ3v) is 8.24. The molecule has 3 N–H and O–H groups in total. The van der Waals surface area contributed by atoms with Gasteiger partial charge in [-0.25, -0.2) is 17.9 Å². The van der Waals surface area contributed by atoms with Gasteiger partial charge in [-0.15, -0.1) is 0 Å². The molecule has 0 saturated heterocycles. The normalized spacial score (nSPS) is 17.8. The fourth-order valence-electron chi connectivity index (χ4n) is 4.64. The number of urea groups is 1. The zero-order chi connectivity index (χ0) is 26.6. The van der Waals surface area contributed by atoms with Gasteiger partial charge in [0.1, 0.15) is 5.56 Å². The molecule has 1 saturated carbocycles. The number of hydrogen-bond donors (Lipinski definition) is 3. The molecule has 0 unspecified atom stereocenters. The number of benzene rings is 2. The lowest BCUT2D eigenvalue weighted by Crippen LogP contribution is -2.45. The van der Waals surface area contributed by atoms with Crippen LogP contribution in [0, 0.1) is 5.92 Å². The molecule has 3 amide bonds. The molecule has 37 heavy (non-hydrogen) atoms. The van der Waals surface area contributed by atoms with E-state index in [9.17, 15) is 22.8 Å². The fraction of sp³-hybridized carbons (Fsp3) is 0.370. The predicted molar refractivity (Wildman–Crippen MR) is 142 cm³/mol. The Kier molecular flexibility index (Phi) is 7.97. The molecule has 10 heteroatoms. The van der Waals surface area contributed by atoms with Crippen LogP contribution in [0.2, 0.25) is 0 Å². The van der Waals surface area contributed by atoms with Crippen LogP contribution in [-0.2, 0) is 23.5 Å². The minimum absolute atomic E-state index is 0.0150. The van der Waals surface area contributed by atoms with Crippen molar-refractivity contribution in [2.75, 3.05) is 6.54 Å². The van der Waals surface area contributed by atoms with E-state index in [4.69, 9.17) is 0 Å². The highest BCUT2D eigenvalue weighted by Gasteiger charge is 2.23. The van der Waals surface area contributed by atoms with E-state index in [-0.39, 0.29) is 28.6 Å². The zero-order valence-electron chi connectivity index (χ0n) is 21.0. The molecule has 1 fully saturated rings. The van der Waals surface area contributed by atoms with Crippen molar-refractivity contribution < 1.29 is 18.0 Å². The van der Waals surface area contributed by atoms with Gasteiger partial charge in [0.05, 0.1) is 10.4 Å². The Morgan fingerprint density at radius 3 is 2.38 bits per heavy atom. The molecule has 1 aromatic heterocycles. The second-order valence-electron chi connectivity index (χ2n) is 9.67. The Morgan fingerprint density at radius 2 is 1.68 bits per heavy atom. The van der Waals surface area contributed by atoms with Crippen LogP contribution in [-0.4, -0.2) is 37.5 Å². The molecule has 2 aromatic carbocycles. The summed E-state index contributed by atoms with van der Waals surface area (Å²) in [5.74, 6) is 0.163. The topological polar surface area (TPSA) is 126 Å². The number of aryl methyl sites for hydroxylation is 1. The Morgan fingerprint density at radius 1 is 1.00 bits per heavy atom. The first-order valence-electron chi connectivity index (χ1n) is 12.4. The smallest absolute Gasteiger partial charge is 0.328 e. The Labute approximate surface area is 216 Å². The zero-order valence-corrected chi connectivity index (χ0v) is 21.8. The third kappa shape index (κ3) is 6.37. The number of fused-ring (bicyclic) bond motifs is 1. The predicted octanol–water partition coefficient (Wildman–Crippen LogP) is 3.08. The van der Waals surface area contributed by atoms with Crippen molar-refractivity contribution >= 4 is 32.9 Å². The first kappa shape index (κ1) is 26.4. The van der Waals surface area contributed by atoms with Gasteiger partial charge in [-0.05, 0) is 73.2 Å². The molecule has 1 aliphatic carbocycles. The van der Waals surface area contributed by atoms with E-state index in [2.05, 4.69) is 22.3 Å². The van der Waals surface area contributed by atoms with Crippen molar-refractivity contribution in [1.29, 1.82) is 0 Å². The fourth-order valence-corrected chi connectivity index (χ4v) is 5.55. The van der Waals surface area contributed by atoms with Crippen molar-refractivity contribution in [3.63, 3.8) is 0 Å². The van der Waals surface area contributed by atoms with E-state index in [1.165, 1.54) is 16.7 Å². The second-order valence-corrected chi connectivity index (χ2v) is 11.3. The van der Waals surface area contributed by atoms with E-state index in [0.717, 1.165) is 42.1 Å². The molecule has 0 atom stereocenters. The van der Waals surface area contributed by atoms with Crippen molar-refractivity contribution in [2.45, 2.75) is 50.0 Å². The van der Waals surface area contributed by atoms with Gasteiger partial charge in [0, 0.05) is 19.6 Å². The lowest BCUT2D eigenvalue weighted by molar-refractivity contribution is 0.0952. The Bertz CT molecular complexity index is 1460. The van der Waals surface area contributed by atoms with Gasteiger partial charge in [-0.2, -0.15) is 0 Å². The highest BCUT2D eigenvalue weighted by molar-refractivity contribution is 7.90. The van der Waals surface area contributed by atoms with Gasteiger partial charge >= 0.3 is 6.03 Å². The number of carbonyl (C=O) groups is 2. The maximum Gasteiger partial charge on any atom is 0.328 e. The van der Waals surface area contributed by atoms with Crippen LogP contribution in [0.3, 0.4) is 0 Å². The Balaban J connectivity index is 1.31. The molecular weight excluding hydrogens is 492 g/mol. The SMILES string of the molecule is CC1CCC(NC(=O)NS(=O)(=O)c2ccc(CCNC(=O)c3cc4ccccc4n(C)c3=O)cc2)CC1. The second kappa shape index (κ2) is 11.2. The standard InChI is InChI=1S/C27H32N4O5S/c1-18-7-11-21(12-8-18)29-27(34)30-37(35,36)22-13-9-19(10-14-22)15-16-28-25(32)23-17-20-5-3-4-6-24(20)31(2)26(23)33/h3-6,9-10,13-14,17-18,21H,7-8,11-12,15-16H2,1-2H3,(H,28,32)(H2,29,30,34). The summed E-state index contributed by atoms with van der Waals surface area (Å²) < 4.78 is 28.7. The lowest BCUT2D eigenvalue weighted by atomic mass is 9.87. The molecule has 196 valence electrons. The number of carbonyl (C=O) groups excluding carboxylic acids is 2. The quantitative estimate of drug-likeness (QED) is 0.438. The average Bonchev–Trinajstić information content (AvgIpc) is 2.87. The van der Waals surface area contributed by atoms with Crippen molar-refractivity contribution in [3.8, 4) is 0 Å². The minimum atomic E-state index is -4.00. The largest absolute Gasteiger partial charge is 0.352 e. The first-order chi connectivity index (χ1) is 17.6. The Hall–Kier alpha value is -3.66. The van der Waals surface area contributed by atoms with E-state index in [1.807, 2.05) is 24.3 Å². The van der Waals surface area contributed by atoms with Gasteiger partial charge in [0.25, 0.3) is 21.5 Å². The molecule has 3 aromatic rings. The molecule has 0 spiro atoms. The lowest BCUT2D eigenvalue weighted by Gasteiger charge is -2.26. The number of nitrogens with zero attached hydrogens (tertiary/aromatic N) is 1. The van der Waals surface area contributed by atoms with Crippen LogP contribution < -0.4 is 20.9 Å². The van der Waals surface area contributed by atoms with Gasteiger partial charge < -0.3 is 15.2 Å². The van der Waals surface area contributed by atoms with Gasteiger partial charge in [0.2, 0.25) is 0 Å². The van der Waals surface area contributed by atoms with Crippen LogP contribution in [0.5, 0.6) is 0 Å². The summed E-state index contributed by atoms with van der Waals surface area (Å²) >= 11 is 0. The van der Waals surface area contributed by atoms with Crippen molar-refractivity contribution in [3.05, 3.63) is 76.1 Å². The van der Waals surface area contributed by atoms with Gasteiger partial charge in [0.15, 0.2) is 0 Å². The molecule has 0 bridgehead atoms. The number of para-hydroxylation sites is 1. The maximum atomic E-state index is 12.6. The number of sulfonamides is 1. The molecule has 0 radical (unpaired) electrons. The van der Waals surface area contributed by atoms with Crippen LogP contribution in [0.4, 0.5) is 4.79 Å². The average molecular weight is 525 g/mol. The monoisotopic (exact) mass is 524 g/mol. The van der Waals surface area contributed by atoms with E-state index in [1.54, 1.807) is 25.2 Å². The number of rotatable bonds is 7. The van der Waals surface area contributed by atoms with Gasteiger partial charge in [-0.3, -0.25) is 9.59 Å². The van der Waals surface area contributed by atoms with Crippen LogP contribution >= 0.6 is 0 Å². The van der Waals surface area contributed by atoms with Crippen molar-refractivity contribution in [1.82, 2.24) is 19.9 Å². The number of nitrogens with one attached hydrogen (secondary N) is 3. The summed E-state index contributed by atoms with van der Waals surface area (Å²) in [6, 6.07) is 14.3. The molecule has 0 aliphatic heterocycles. The maximum absolute atomic E-state index is 12.6. The summed E-state index contributed by atoms with van der Waals surface area (Å²) in [5.41, 5.74) is 1.23. The summed E-state index contributed by atoms with van der Waals surface area (Å²) in [4.78, 5) is 37.5. The number of pyridine rings is 1. The van der Waals surface area contributed by atoms with Crippen LogP contribution in [0.1, 0.15) is 48.5 Å². The summed E-state index contributed by atoms with van der Waals surface area (Å²) in [6.45, 7) is 2.44. The number of amides is 3. The first-order valence-corrected chi connectivity index (χ1v) is 13.9. The molecule has 1 heterocycles. The molecule has 4 rings (SSSR count). The molecular formula is C27H32N4O5S. The third-order valence-electron chi connectivity index (χ3n) is 6.89. The summed E-state index contributed by atoms with van der Waals surface area (Å²) in [7, 11) is -2.37. The van der Waals surface area contributed by atoms with E-state index < -0.39 is 22.0 Å².